The Hall–Kier alpha value is -2.32. The number of fused-ring (bicyclic) bond motifs is 9. The fourth-order valence-corrected chi connectivity index (χ4v) is 8.23. The molecule has 2 aromatic carbocycles. The molecule has 8 heteroatoms. The van der Waals surface area contributed by atoms with Crippen LogP contribution in [0, 0.1) is 11.7 Å². The molecular formula is C34H43F3N4S. The number of aromatic nitrogens is 2. The average molecular weight is 597 g/mol. The van der Waals surface area contributed by atoms with Crippen LogP contribution in [0.5, 0.6) is 0 Å². The fourth-order valence-electron chi connectivity index (χ4n) is 7.13. The summed E-state index contributed by atoms with van der Waals surface area (Å²) in [4.78, 5) is 2.27. The zero-order valence-corrected chi connectivity index (χ0v) is 25.5. The maximum Gasteiger partial charge on any atom is 0.276 e. The van der Waals surface area contributed by atoms with Gasteiger partial charge in [-0.2, -0.15) is 22.0 Å². The predicted octanol–water partition coefficient (Wildman–Crippen LogP) is 8.86. The molecule has 4 aliphatic heterocycles. The smallest absolute Gasteiger partial charge is 0.276 e. The molecule has 0 spiro atoms. The normalized spacial score (nSPS) is 26.0. The molecule has 3 aromatic rings. The summed E-state index contributed by atoms with van der Waals surface area (Å²) in [5.41, 5.74) is 3.98. The van der Waals surface area contributed by atoms with E-state index in [-0.39, 0.29) is 17.9 Å². The minimum Gasteiger partial charge on any atom is -0.377 e. The van der Waals surface area contributed by atoms with E-state index < -0.39 is 23.3 Å². The van der Waals surface area contributed by atoms with E-state index in [1.807, 2.05) is 18.7 Å². The highest BCUT2D eigenvalue weighted by molar-refractivity contribution is 7.99. The van der Waals surface area contributed by atoms with Crippen molar-refractivity contribution in [3.8, 4) is 0 Å². The first-order chi connectivity index (χ1) is 20.4. The molecule has 0 amide bonds. The van der Waals surface area contributed by atoms with E-state index in [2.05, 4.69) is 32.5 Å². The standard InChI is InChI=1S/C34H43F3N4S/c1-23-28-10-8-11-30(32(28)35)34(36,37)19-24-21-41(22-24)14-7-5-3-2-4-6-9-26-17-27(25-12-15-42-16-13-25)18-29-31(39-23)20-38-40-33(26)29/h8,10-11,17-18,20,23-25,39H,2-7,9,12-16,19,21-22H2,1H3. The first-order valence-corrected chi connectivity index (χ1v) is 17.1. The number of hydrogen-bond acceptors (Lipinski definition) is 5. The minimum atomic E-state index is -3.21. The first-order valence-electron chi connectivity index (χ1n) is 15.9. The van der Waals surface area contributed by atoms with E-state index in [1.54, 1.807) is 18.3 Å². The average Bonchev–Trinajstić information content (AvgIpc) is 2.97. The van der Waals surface area contributed by atoms with Crippen molar-refractivity contribution in [2.24, 2.45) is 5.92 Å². The Morgan fingerprint density at radius 1 is 1.00 bits per heavy atom. The van der Waals surface area contributed by atoms with Gasteiger partial charge < -0.3 is 10.2 Å². The van der Waals surface area contributed by atoms with Gasteiger partial charge in [0.2, 0.25) is 0 Å². The first kappa shape index (κ1) is 29.7. The van der Waals surface area contributed by atoms with Crippen LogP contribution >= 0.6 is 11.8 Å². The number of rotatable bonds is 1. The van der Waals surface area contributed by atoms with Gasteiger partial charge in [-0.05, 0) is 86.1 Å². The highest BCUT2D eigenvalue weighted by Gasteiger charge is 2.41. The van der Waals surface area contributed by atoms with Gasteiger partial charge in [-0.25, -0.2) is 13.2 Å². The molecule has 0 saturated carbocycles. The third-order valence-corrected chi connectivity index (χ3v) is 10.6. The zero-order valence-electron chi connectivity index (χ0n) is 24.7. The third kappa shape index (κ3) is 6.59. The number of halogens is 3. The molecule has 1 N–H and O–H groups in total. The lowest BCUT2D eigenvalue weighted by molar-refractivity contribution is -0.0592. The number of nitrogens with zero attached hydrogens (tertiary/aromatic N) is 3. The Balaban J connectivity index is 1.35. The minimum absolute atomic E-state index is 0.100. The Morgan fingerprint density at radius 3 is 2.57 bits per heavy atom. The van der Waals surface area contributed by atoms with Crippen LogP contribution in [0.4, 0.5) is 18.9 Å². The van der Waals surface area contributed by atoms with Crippen LogP contribution in [0.15, 0.2) is 36.5 Å². The van der Waals surface area contributed by atoms with Gasteiger partial charge in [-0.3, -0.25) is 0 Å². The summed E-state index contributed by atoms with van der Waals surface area (Å²) in [5, 5.41) is 13.3. The second-order valence-corrected chi connectivity index (χ2v) is 13.9. The van der Waals surface area contributed by atoms with Gasteiger partial charge in [-0.1, -0.05) is 49.9 Å². The van der Waals surface area contributed by atoms with Crippen LogP contribution in [0.2, 0.25) is 0 Å². The Bertz CT molecular complexity index is 1370. The molecule has 4 aliphatic rings. The molecule has 8 bridgehead atoms. The Morgan fingerprint density at radius 2 is 1.76 bits per heavy atom. The van der Waals surface area contributed by atoms with Gasteiger partial charge in [0.1, 0.15) is 5.82 Å². The van der Waals surface area contributed by atoms with Crippen LogP contribution in [0.1, 0.15) is 98.9 Å². The lowest BCUT2D eigenvalue weighted by atomic mass is 9.88. The summed E-state index contributed by atoms with van der Waals surface area (Å²) in [6, 6.07) is 8.50. The van der Waals surface area contributed by atoms with Crippen molar-refractivity contribution in [3.63, 3.8) is 0 Å². The van der Waals surface area contributed by atoms with E-state index >= 15 is 13.2 Å². The van der Waals surface area contributed by atoms with Crippen molar-refractivity contribution >= 4 is 28.4 Å². The van der Waals surface area contributed by atoms with Crippen LogP contribution in [0.3, 0.4) is 0 Å². The number of alkyl halides is 2. The number of nitrogens with one attached hydrogen (secondary N) is 1. The van der Waals surface area contributed by atoms with Gasteiger partial charge in [0, 0.05) is 30.5 Å². The largest absolute Gasteiger partial charge is 0.377 e. The molecule has 4 nitrogen and oxygen atoms in total. The van der Waals surface area contributed by atoms with Crippen molar-refractivity contribution in [1.29, 1.82) is 0 Å². The van der Waals surface area contributed by atoms with Crippen molar-refractivity contribution in [2.75, 3.05) is 36.5 Å². The van der Waals surface area contributed by atoms with Gasteiger partial charge >= 0.3 is 0 Å². The number of hydrogen-bond donors (Lipinski definition) is 1. The highest BCUT2D eigenvalue weighted by atomic mass is 32.2. The molecule has 2 saturated heterocycles. The van der Waals surface area contributed by atoms with Gasteiger partial charge in [0.25, 0.3) is 5.92 Å². The van der Waals surface area contributed by atoms with Crippen molar-refractivity contribution in [1.82, 2.24) is 15.1 Å². The lowest BCUT2D eigenvalue weighted by Crippen LogP contribution is -2.48. The maximum atomic E-state index is 15.8. The summed E-state index contributed by atoms with van der Waals surface area (Å²) >= 11 is 2.02. The number of thioether (sulfide) groups is 1. The highest BCUT2D eigenvalue weighted by Crippen LogP contribution is 2.41. The third-order valence-electron chi connectivity index (χ3n) is 9.55. The SMILES string of the molecule is CC1Nc2cnnc3c(cc(C4CCSCC4)cc23)CCCCCCCCN2CC(C2)CC(F)(F)c2cccc1c2F. The summed E-state index contributed by atoms with van der Waals surface area (Å²) < 4.78 is 46.7. The van der Waals surface area contributed by atoms with Crippen molar-refractivity contribution in [3.05, 3.63) is 64.6 Å². The van der Waals surface area contributed by atoms with Crippen molar-refractivity contribution in [2.45, 2.75) is 89.0 Å². The lowest BCUT2D eigenvalue weighted by Gasteiger charge is -2.41. The summed E-state index contributed by atoms with van der Waals surface area (Å²) in [6.07, 6.45) is 11.7. The summed E-state index contributed by atoms with van der Waals surface area (Å²) in [6.45, 7) is 4.16. The summed E-state index contributed by atoms with van der Waals surface area (Å²) in [7, 11) is 0. The van der Waals surface area contributed by atoms with Gasteiger partial charge in [0.15, 0.2) is 0 Å². The van der Waals surface area contributed by atoms with E-state index in [9.17, 15) is 0 Å². The topological polar surface area (TPSA) is 41.1 Å². The number of aryl methyl sites for hydroxylation is 1. The molecule has 1 atom stereocenters. The number of anilines is 1. The van der Waals surface area contributed by atoms with Crippen LogP contribution < -0.4 is 5.32 Å². The Labute approximate surface area is 252 Å². The molecule has 1 aromatic heterocycles. The molecular weight excluding hydrogens is 553 g/mol. The molecule has 0 radical (unpaired) electrons. The molecule has 5 heterocycles. The van der Waals surface area contributed by atoms with E-state index in [0.29, 0.717) is 19.0 Å². The molecule has 226 valence electrons. The Kier molecular flexibility index (Phi) is 9.29. The zero-order chi connectivity index (χ0) is 29.1. The van der Waals surface area contributed by atoms with Crippen LogP contribution in [-0.4, -0.2) is 46.2 Å². The molecule has 2 fully saturated rings. The molecule has 1 unspecified atom stereocenters. The van der Waals surface area contributed by atoms with Gasteiger partial charge in [0.05, 0.1) is 29.0 Å². The van der Waals surface area contributed by atoms with E-state index in [4.69, 9.17) is 0 Å². The predicted molar refractivity (Wildman–Crippen MR) is 167 cm³/mol. The second-order valence-electron chi connectivity index (χ2n) is 12.7. The second kappa shape index (κ2) is 13.1. The molecule has 0 aliphatic carbocycles. The quantitative estimate of drug-likeness (QED) is 0.304. The monoisotopic (exact) mass is 596 g/mol. The van der Waals surface area contributed by atoms with E-state index in [0.717, 1.165) is 55.2 Å². The van der Waals surface area contributed by atoms with Crippen LogP contribution in [0.25, 0.3) is 10.9 Å². The van der Waals surface area contributed by atoms with Gasteiger partial charge in [-0.15, -0.1) is 0 Å². The molecule has 7 rings (SSSR count). The summed E-state index contributed by atoms with van der Waals surface area (Å²) in [5.74, 6) is -1.25. The number of benzene rings is 2. The fraction of sp³-hybridized carbons (Fsp3) is 0.588. The van der Waals surface area contributed by atoms with Crippen LogP contribution in [-0.2, 0) is 12.3 Å². The maximum absolute atomic E-state index is 15.8. The van der Waals surface area contributed by atoms with Crippen molar-refractivity contribution < 1.29 is 13.2 Å². The van der Waals surface area contributed by atoms with E-state index in [1.165, 1.54) is 54.4 Å². The molecule has 42 heavy (non-hydrogen) atoms.